The highest BCUT2D eigenvalue weighted by molar-refractivity contribution is 6.06. The van der Waals surface area contributed by atoms with Crippen molar-refractivity contribution in [2.75, 3.05) is 4.90 Å². The molecular formula is C48H33NO. The van der Waals surface area contributed by atoms with Gasteiger partial charge in [0.1, 0.15) is 11.2 Å². The SMILES string of the molecule is C1=CC2c3cccc(-c4cccc(-c5cc(-c6ccccc6)cc(-c6ccccc6)c5)c4)c3N(c3ccc4oc5ccccc5c4c3)C2C=C1. The van der Waals surface area contributed by atoms with Gasteiger partial charge in [0.15, 0.2) is 0 Å². The number of furan rings is 1. The third-order valence-electron chi connectivity index (χ3n) is 10.4. The highest BCUT2D eigenvalue weighted by Crippen LogP contribution is 2.52. The summed E-state index contributed by atoms with van der Waals surface area (Å²) < 4.78 is 6.22. The first-order chi connectivity index (χ1) is 24.8. The van der Waals surface area contributed by atoms with Gasteiger partial charge in [0.05, 0.1) is 11.7 Å². The summed E-state index contributed by atoms with van der Waals surface area (Å²) in [6, 6.07) is 59.4. The molecule has 0 bridgehead atoms. The molecule has 0 spiro atoms. The second kappa shape index (κ2) is 11.6. The Morgan fingerprint density at radius 2 is 1.02 bits per heavy atom. The second-order valence-electron chi connectivity index (χ2n) is 13.3. The normalized spacial score (nSPS) is 16.2. The Morgan fingerprint density at radius 3 is 1.80 bits per heavy atom. The van der Waals surface area contributed by atoms with Crippen LogP contribution in [0.1, 0.15) is 11.5 Å². The van der Waals surface area contributed by atoms with Gasteiger partial charge in [-0.2, -0.15) is 0 Å². The van der Waals surface area contributed by atoms with Crippen LogP contribution >= 0.6 is 0 Å². The lowest BCUT2D eigenvalue weighted by Gasteiger charge is -2.30. The summed E-state index contributed by atoms with van der Waals surface area (Å²) in [5.74, 6) is 0.269. The van der Waals surface area contributed by atoms with E-state index in [0.717, 1.165) is 21.9 Å². The molecule has 2 atom stereocenters. The van der Waals surface area contributed by atoms with E-state index in [0.29, 0.717) is 0 Å². The fourth-order valence-corrected chi connectivity index (χ4v) is 8.03. The molecule has 1 aliphatic heterocycles. The molecule has 1 aliphatic carbocycles. The average Bonchev–Trinajstić information content (AvgIpc) is 3.74. The Kier molecular flexibility index (Phi) is 6.67. The van der Waals surface area contributed by atoms with E-state index in [1.807, 2.05) is 12.1 Å². The molecule has 8 aromatic rings. The molecule has 10 rings (SSSR count). The maximum absolute atomic E-state index is 6.22. The smallest absolute Gasteiger partial charge is 0.135 e. The zero-order valence-corrected chi connectivity index (χ0v) is 27.4. The van der Waals surface area contributed by atoms with E-state index in [1.54, 1.807) is 0 Å². The van der Waals surface area contributed by atoms with Gasteiger partial charge < -0.3 is 9.32 Å². The summed E-state index contributed by atoms with van der Waals surface area (Å²) in [5.41, 5.74) is 15.3. The maximum atomic E-state index is 6.22. The first kappa shape index (κ1) is 28.6. The number of benzene rings is 7. The van der Waals surface area contributed by atoms with Crippen molar-refractivity contribution >= 4 is 33.3 Å². The maximum Gasteiger partial charge on any atom is 0.135 e. The molecule has 2 unspecified atom stereocenters. The van der Waals surface area contributed by atoms with Crippen molar-refractivity contribution in [2.24, 2.45) is 0 Å². The quantitative estimate of drug-likeness (QED) is 0.186. The third-order valence-corrected chi connectivity index (χ3v) is 10.4. The molecule has 236 valence electrons. The van der Waals surface area contributed by atoms with Gasteiger partial charge in [0.2, 0.25) is 0 Å². The van der Waals surface area contributed by atoms with Crippen LogP contribution in [-0.4, -0.2) is 6.04 Å². The van der Waals surface area contributed by atoms with Gasteiger partial charge in [0, 0.05) is 27.9 Å². The Balaban J connectivity index is 1.13. The number of allylic oxidation sites excluding steroid dienone is 2. The van der Waals surface area contributed by atoms with E-state index >= 15 is 0 Å². The van der Waals surface area contributed by atoms with Crippen molar-refractivity contribution in [1.82, 2.24) is 0 Å². The van der Waals surface area contributed by atoms with Gasteiger partial charge in [-0.15, -0.1) is 0 Å². The molecule has 0 saturated heterocycles. The number of fused-ring (bicyclic) bond motifs is 6. The lowest BCUT2D eigenvalue weighted by molar-refractivity contribution is 0.669. The summed E-state index contributed by atoms with van der Waals surface area (Å²) >= 11 is 0. The molecule has 0 radical (unpaired) electrons. The molecule has 50 heavy (non-hydrogen) atoms. The summed E-state index contributed by atoms with van der Waals surface area (Å²) in [6.07, 6.45) is 9.09. The van der Waals surface area contributed by atoms with Gasteiger partial charge in [0.25, 0.3) is 0 Å². The van der Waals surface area contributed by atoms with E-state index in [4.69, 9.17) is 4.42 Å². The van der Waals surface area contributed by atoms with Crippen LogP contribution in [0.15, 0.2) is 193 Å². The Bertz CT molecular complexity index is 2550. The first-order valence-corrected chi connectivity index (χ1v) is 17.3. The minimum absolute atomic E-state index is 0.186. The topological polar surface area (TPSA) is 16.4 Å². The first-order valence-electron chi connectivity index (χ1n) is 17.3. The summed E-state index contributed by atoms with van der Waals surface area (Å²) in [6.45, 7) is 0. The fourth-order valence-electron chi connectivity index (χ4n) is 8.03. The van der Waals surface area contributed by atoms with Gasteiger partial charge in [-0.1, -0.05) is 140 Å². The molecule has 2 aliphatic rings. The molecule has 0 saturated carbocycles. The zero-order chi connectivity index (χ0) is 33.0. The Morgan fingerprint density at radius 1 is 0.420 bits per heavy atom. The highest BCUT2D eigenvalue weighted by Gasteiger charge is 2.39. The van der Waals surface area contributed by atoms with Gasteiger partial charge >= 0.3 is 0 Å². The monoisotopic (exact) mass is 639 g/mol. The minimum atomic E-state index is 0.186. The number of hydrogen-bond donors (Lipinski definition) is 0. The van der Waals surface area contributed by atoms with Crippen molar-refractivity contribution in [2.45, 2.75) is 12.0 Å². The standard InChI is InChI=1S/C48H33NO/c1-3-13-32(14-4-1)36-28-37(33-15-5-2-6-16-33)30-38(29-36)34-17-11-18-35(27-34)40-21-12-22-43-41-19-7-9-23-45(41)49(48(40)43)39-25-26-47-44(31-39)42-20-8-10-24-46(42)50-47/h1-31,41,45H. The minimum Gasteiger partial charge on any atom is -0.456 e. The van der Waals surface area contributed by atoms with Crippen molar-refractivity contribution in [3.05, 3.63) is 194 Å². The van der Waals surface area contributed by atoms with Crippen LogP contribution in [0.2, 0.25) is 0 Å². The van der Waals surface area contributed by atoms with E-state index < -0.39 is 0 Å². The number of para-hydroxylation sites is 2. The molecule has 0 amide bonds. The number of anilines is 2. The lowest BCUT2D eigenvalue weighted by atomic mass is 9.89. The fraction of sp³-hybridized carbons (Fsp3) is 0.0417. The van der Waals surface area contributed by atoms with Crippen LogP contribution in [0.25, 0.3) is 66.4 Å². The lowest BCUT2D eigenvalue weighted by Crippen LogP contribution is -2.28. The second-order valence-corrected chi connectivity index (χ2v) is 13.3. The van der Waals surface area contributed by atoms with E-state index in [1.165, 1.54) is 61.4 Å². The molecule has 7 aromatic carbocycles. The van der Waals surface area contributed by atoms with Crippen LogP contribution in [0.3, 0.4) is 0 Å². The van der Waals surface area contributed by atoms with E-state index in [2.05, 4.69) is 181 Å². The van der Waals surface area contributed by atoms with Crippen molar-refractivity contribution in [3.8, 4) is 44.5 Å². The van der Waals surface area contributed by atoms with E-state index in [9.17, 15) is 0 Å². The molecule has 1 aromatic heterocycles. The van der Waals surface area contributed by atoms with Crippen LogP contribution in [0.5, 0.6) is 0 Å². The predicted octanol–water partition coefficient (Wildman–Crippen LogP) is 13.0. The molecular weight excluding hydrogens is 607 g/mol. The van der Waals surface area contributed by atoms with Gasteiger partial charge in [-0.25, -0.2) is 0 Å². The molecule has 2 nitrogen and oxygen atoms in total. The number of hydrogen-bond acceptors (Lipinski definition) is 2. The van der Waals surface area contributed by atoms with Gasteiger partial charge in [-0.3, -0.25) is 0 Å². The van der Waals surface area contributed by atoms with Gasteiger partial charge in [-0.05, 0) is 93.0 Å². The number of nitrogens with zero attached hydrogens (tertiary/aromatic N) is 1. The predicted molar refractivity (Wildman–Crippen MR) is 209 cm³/mol. The van der Waals surface area contributed by atoms with Crippen LogP contribution in [0.4, 0.5) is 11.4 Å². The molecule has 2 heterocycles. The summed E-state index contributed by atoms with van der Waals surface area (Å²) in [5, 5.41) is 2.29. The van der Waals surface area contributed by atoms with Crippen molar-refractivity contribution in [1.29, 1.82) is 0 Å². The van der Waals surface area contributed by atoms with Crippen molar-refractivity contribution < 1.29 is 4.42 Å². The third kappa shape index (κ3) is 4.72. The molecule has 2 heteroatoms. The summed E-state index contributed by atoms with van der Waals surface area (Å²) in [4.78, 5) is 2.55. The van der Waals surface area contributed by atoms with Crippen molar-refractivity contribution in [3.63, 3.8) is 0 Å². The Labute approximate surface area is 291 Å². The average molecular weight is 640 g/mol. The van der Waals surface area contributed by atoms with Crippen LogP contribution in [0, 0.1) is 0 Å². The summed E-state index contributed by atoms with van der Waals surface area (Å²) in [7, 11) is 0. The largest absolute Gasteiger partial charge is 0.456 e. The Hall–Kier alpha value is -6.38. The van der Waals surface area contributed by atoms with E-state index in [-0.39, 0.29) is 12.0 Å². The highest BCUT2D eigenvalue weighted by atomic mass is 16.3. The van der Waals surface area contributed by atoms with Crippen LogP contribution < -0.4 is 4.90 Å². The molecule has 0 fully saturated rings. The van der Waals surface area contributed by atoms with Crippen LogP contribution in [-0.2, 0) is 0 Å². The molecule has 0 N–H and O–H groups in total. The zero-order valence-electron chi connectivity index (χ0n) is 27.4. The number of rotatable bonds is 5.